The molecule has 0 saturated heterocycles. The number of rotatable bonds is 6. The van der Waals surface area contributed by atoms with E-state index in [4.69, 9.17) is 4.74 Å². The van der Waals surface area contributed by atoms with E-state index in [1.807, 2.05) is 6.08 Å². The molecule has 2 aromatic carbocycles. The summed E-state index contributed by atoms with van der Waals surface area (Å²) in [7, 11) is 0. The van der Waals surface area contributed by atoms with Gasteiger partial charge in [-0.3, -0.25) is 0 Å². The SMILES string of the molecule is C=CCOCC1C[N+](c2c(C)cc(C)cc2C)=CN1c1c(C)cc(C)cc1C. The Morgan fingerprint density at radius 3 is 2.04 bits per heavy atom. The Labute approximate surface area is 170 Å². The van der Waals surface area contributed by atoms with Crippen LogP contribution in [-0.2, 0) is 4.74 Å². The minimum absolute atomic E-state index is 0.264. The molecule has 28 heavy (non-hydrogen) atoms. The van der Waals surface area contributed by atoms with E-state index in [-0.39, 0.29) is 6.04 Å². The topological polar surface area (TPSA) is 15.5 Å². The van der Waals surface area contributed by atoms with Gasteiger partial charge in [0, 0.05) is 0 Å². The maximum absolute atomic E-state index is 5.88. The van der Waals surface area contributed by atoms with E-state index in [9.17, 15) is 0 Å². The Hall–Kier alpha value is -2.39. The van der Waals surface area contributed by atoms with Crippen LogP contribution in [0.2, 0.25) is 0 Å². The van der Waals surface area contributed by atoms with Crippen LogP contribution in [0.4, 0.5) is 11.4 Å². The minimum Gasteiger partial charge on any atom is -0.373 e. The number of aryl methyl sites for hydroxylation is 6. The van der Waals surface area contributed by atoms with Gasteiger partial charge in [-0.1, -0.05) is 41.5 Å². The number of nitrogens with zero attached hydrogens (tertiary/aromatic N) is 2. The van der Waals surface area contributed by atoms with Crippen molar-refractivity contribution in [3.63, 3.8) is 0 Å². The van der Waals surface area contributed by atoms with Crippen molar-refractivity contribution in [3.8, 4) is 0 Å². The summed E-state index contributed by atoms with van der Waals surface area (Å²) in [4.78, 5) is 2.41. The van der Waals surface area contributed by atoms with Crippen molar-refractivity contribution in [3.05, 3.63) is 70.3 Å². The summed E-state index contributed by atoms with van der Waals surface area (Å²) >= 11 is 0. The molecular formula is C25H33N2O+. The van der Waals surface area contributed by atoms with E-state index < -0.39 is 0 Å². The van der Waals surface area contributed by atoms with Crippen molar-refractivity contribution in [1.82, 2.24) is 0 Å². The van der Waals surface area contributed by atoms with Crippen LogP contribution in [0.25, 0.3) is 0 Å². The van der Waals surface area contributed by atoms with Gasteiger partial charge >= 0.3 is 0 Å². The average molecular weight is 378 g/mol. The maximum Gasteiger partial charge on any atom is 0.245 e. The first-order valence-corrected chi connectivity index (χ1v) is 10.1. The molecule has 3 heteroatoms. The van der Waals surface area contributed by atoms with Gasteiger partial charge in [-0.15, -0.1) is 6.58 Å². The fourth-order valence-corrected chi connectivity index (χ4v) is 4.62. The van der Waals surface area contributed by atoms with Crippen LogP contribution in [-0.4, -0.2) is 36.7 Å². The first-order valence-electron chi connectivity index (χ1n) is 10.1. The highest BCUT2D eigenvalue weighted by Crippen LogP contribution is 2.32. The van der Waals surface area contributed by atoms with Crippen molar-refractivity contribution in [2.45, 2.75) is 47.6 Å². The second-order valence-corrected chi connectivity index (χ2v) is 8.15. The Bertz CT molecular complexity index is 880. The highest BCUT2D eigenvalue weighted by Gasteiger charge is 2.36. The third-order valence-electron chi connectivity index (χ3n) is 5.43. The van der Waals surface area contributed by atoms with E-state index in [0.717, 1.165) is 6.54 Å². The maximum atomic E-state index is 5.88. The molecule has 0 radical (unpaired) electrons. The zero-order chi connectivity index (χ0) is 20.4. The zero-order valence-corrected chi connectivity index (χ0v) is 18.2. The molecule has 0 amide bonds. The lowest BCUT2D eigenvalue weighted by Crippen LogP contribution is -2.36. The number of anilines is 1. The molecule has 148 valence electrons. The predicted molar refractivity (Wildman–Crippen MR) is 119 cm³/mol. The number of hydrogen-bond acceptors (Lipinski definition) is 2. The quantitative estimate of drug-likeness (QED) is 0.386. The second-order valence-electron chi connectivity index (χ2n) is 8.15. The van der Waals surface area contributed by atoms with E-state index >= 15 is 0 Å². The Kier molecular flexibility index (Phi) is 6.04. The van der Waals surface area contributed by atoms with Gasteiger partial charge in [-0.05, 0) is 63.8 Å². The number of ether oxygens (including phenoxy) is 1. The summed E-state index contributed by atoms with van der Waals surface area (Å²) in [6.07, 6.45) is 4.09. The van der Waals surface area contributed by atoms with Crippen LogP contribution in [0.3, 0.4) is 0 Å². The molecule has 0 aromatic heterocycles. The van der Waals surface area contributed by atoms with Gasteiger partial charge in [0.1, 0.15) is 17.9 Å². The van der Waals surface area contributed by atoms with Crippen molar-refractivity contribution < 1.29 is 9.31 Å². The van der Waals surface area contributed by atoms with Crippen molar-refractivity contribution in [1.29, 1.82) is 0 Å². The molecule has 1 heterocycles. The van der Waals surface area contributed by atoms with Crippen LogP contribution in [0.5, 0.6) is 0 Å². The third-order valence-corrected chi connectivity index (χ3v) is 5.43. The molecule has 0 fully saturated rings. The number of benzene rings is 2. The first-order chi connectivity index (χ1) is 13.3. The smallest absolute Gasteiger partial charge is 0.245 e. The summed E-state index contributed by atoms with van der Waals surface area (Å²) < 4.78 is 8.27. The largest absolute Gasteiger partial charge is 0.373 e. The third kappa shape index (κ3) is 4.05. The Balaban J connectivity index is 2.05. The lowest BCUT2D eigenvalue weighted by molar-refractivity contribution is -0.430. The highest BCUT2D eigenvalue weighted by atomic mass is 16.5. The Morgan fingerprint density at radius 2 is 1.50 bits per heavy atom. The van der Waals surface area contributed by atoms with E-state index in [0.29, 0.717) is 13.2 Å². The van der Waals surface area contributed by atoms with Crippen molar-refractivity contribution >= 4 is 17.7 Å². The van der Waals surface area contributed by atoms with Crippen molar-refractivity contribution in [2.75, 3.05) is 24.7 Å². The zero-order valence-electron chi connectivity index (χ0n) is 18.2. The monoisotopic (exact) mass is 377 g/mol. The molecule has 3 nitrogen and oxygen atoms in total. The van der Waals surface area contributed by atoms with E-state index in [2.05, 4.69) is 88.2 Å². The summed E-state index contributed by atoms with van der Waals surface area (Å²) in [5.74, 6) is 0. The first kappa shape index (κ1) is 20.3. The van der Waals surface area contributed by atoms with Crippen LogP contribution < -0.4 is 4.90 Å². The van der Waals surface area contributed by atoms with Gasteiger partial charge in [0.25, 0.3) is 0 Å². The standard InChI is InChI=1S/C25H33N2O/c1-8-9-28-15-23-14-26(24-19(4)10-17(2)11-20(24)5)16-27(23)25-21(6)12-18(3)13-22(25)7/h8,10-13,16,23H,1,9,14-15H2,2-7H3/q+1. The van der Waals surface area contributed by atoms with Crippen LogP contribution >= 0.6 is 0 Å². The van der Waals surface area contributed by atoms with Crippen LogP contribution in [0, 0.1) is 41.5 Å². The fraction of sp³-hybridized carbons (Fsp3) is 0.400. The molecule has 1 unspecified atom stereocenters. The summed E-state index contributed by atoms with van der Waals surface area (Å²) in [6.45, 7) is 19.1. The highest BCUT2D eigenvalue weighted by molar-refractivity contribution is 5.83. The van der Waals surface area contributed by atoms with Gasteiger partial charge in [0.2, 0.25) is 6.34 Å². The van der Waals surface area contributed by atoms with Gasteiger partial charge in [-0.2, -0.15) is 0 Å². The lowest BCUT2D eigenvalue weighted by Gasteiger charge is -2.20. The molecule has 0 bridgehead atoms. The summed E-state index contributed by atoms with van der Waals surface area (Å²) in [5.41, 5.74) is 10.5. The molecule has 2 aromatic rings. The number of hydrogen-bond donors (Lipinski definition) is 0. The molecule has 3 rings (SSSR count). The van der Waals surface area contributed by atoms with Gasteiger partial charge in [0.05, 0.1) is 13.2 Å². The van der Waals surface area contributed by atoms with E-state index in [1.165, 1.54) is 44.8 Å². The van der Waals surface area contributed by atoms with E-state index in [1.54, 1.807) is 0 Å². The fourth-order valence-electron chi connectivity index (χ4n) is 4.62. The molecule has 0 saturated carbocycles. The van der Waals surface area contributed by atoms with Gasteiger partial charge in [0.15, 0.2) is 6.04 Å². The van der Waals surface area contributed by atoms with Crippen LogP contribution in [0.15, 0.2) is 36.9 Å². The molecule has 1 aliphatic heterocycles. The summed E-state index contributed by atoms with van der Waals surface area (Å²) in [6, 6.07) is 9.33. The normalized spacial score (nSPS) is 16.4. The summed E-state index contributed by atoms with van der Waals surface area (Å²) in [5, 5.41) is 0. The molecule has 0 spiro atoms. The molecule has 1 atom stereocenters. The molecule has 0 aliphatic carbocycles. The van der Waals surface area contributed by atoms with Crippen molar-refractivity contribution in [2.24, 2.45) is 0 Å². The molecular weight excluding hydrogens is 344 g/mol. The Morgan fingerprint density at radius 1 is 0.964 bits per heavy atom. The minimum atomic E-state index is 0.264. The molecule has 0 N–H and O–H groups in total. The predicted octanol–water partition coefficient (Wildman–Crippen LogP) is 5.30. The second kappa shape index (κ2) is 8.32. The van der Waals surface area contributed by atoms with Gasteiger partial charge < -0.3 is 4.74 Å². The average Bonchev–Trinajstić information content (AvgIpc) is 2.96. The molecule has 1 aliphatic rings. The van der Waals surface area contributed by atoms with Crippen LogP contribution in [0.1, 0.15) is 33.4 Å². The lowest BCUT2D eigenvalue weighted by atomic mass is 10.0. The van der Waals surface area contributed by atoms with Gasteiger partial charge in [-0.25, -0.2) is 9.48 Å².